The van der Waals surface area contributed by atoms with Gasteiger partial charge in [-0.25, -0.2) is 0 Å². The van der Waals surface area contributed by atoms with Crippen LogP contribution in [0.25, 0.3) is 0 Å². The van der Waals surface area contributed by atoms with Gasteiger partial charge in [0.25, 0.3) is 5.91 Å². The minimum atomic E-state index is -0.744. The normalized spacial score (nSPS) is 26.8. The molecule has 5 atom stereocenters. The summed E-state index contributed by atoms with van der Waals surface area (Å²) in [6, 6.07) is 8.00. The van der Waals surface area contributed by atoms with E-state index in [0.717, 1.165) is 12.0 Å². The molecule has 1 aromatic carbocycles. The van der Waals surface area contributed by atoms with E-state index in [2.05, 4.69) is 11.4 Å². The van der Waals surface area contributed by atoms with Crippen molar-refractivity contribution in [3.05, 3.63) is 35.4 Å². The van der Waals surface area contributed by atoms with Gasteiger partial charge in [0.05, 0.1) is 24.2 Å². The number of piperazine rings is 1. The maximum atomic E-state index is 13.2. The van der Waals surface area contributed by atoms with Crippen LogP contribution in [-0.4, -0.2) is 83.3 Å². The number of nitrogens with one attached hydrogen (secondary N) is 1. The van der Waals surface area contributed by atoms with Crippen LogP contribution in [-0.2, 0) is 9.59 Å². The minimum absolute atomic E-state index is 0.0369. The number of likely N-dealkylation sites (tertiary alicyclic amines) is 3. The first-order valence-electron chi connectivity index (χ1n) is 11.2. The summed E-state index contributed by atoms with van der Waals surface area (Å²) in [5, 5.41) is 11.9. The average Bonchev–Trinajstić information content (AvgIpc) is 3.52. The third-order valence-electron chi connectivity index (χ3n) is 7.02. The van der Waals surface area contributed by atoms with Gasteiger partial charge in [0.2, 0.25) is 11.8 Å². The van der Waals surface area contributed by atoms with Crippen LogP contribution in [0.2, 0.25) is 0 Å². The molecule has 0 aromatic heterocycles. The van der Waals surface area contributed by atoms with E-state index >= 15 is 0 Å². The van der Waals surface area contributed by atoms with E-state index in [1.165, 1.54) is 0 Å². The molecule has 9 heteroatoms. The first kappa shape index (κ1) is 22.2. The van der Waals surface area contributed by atoms with E-state index in [-0.39, 0.29) is 35.8 Å². The highest BCUT2D eigenvalue weighted by Crippen LogP contribution is 2.38. The fourth-order valence-corrected chi connectivity index (χ4v) is 5.35. The number of hydrogen-bond donors (Lipinski definition) is 2. The van der Waals surface area contributed by atoms with Crippen LogP contribution in [0.4, 0.5) is 0 Å². The van der Waals surface area contributed by atoms with Crippen LogP contribution in [0, 0.1) is 11.3 Å². The Hall–Kier alpha value is -2.96. The molecule has 3 fully saturated rings. The topological polar surface area (TPSA) is 123 Å². The molecule has 0 radical (unpaired) electrons. The Labute approximate surface area is 188 Å². The number of carbonyl (C=O) groups is 3. The smallest absolute Gasteiger partial charge is 0.251 e. The Morgan fingerprint density at radius 1 is 1.38 bits per heavy atom. The van der Waals surface area contributed by atoms with E-state index in [0.29, 0.717) is 38.0 Å². The molecular weight excluding hydrogens is 408 g/mol. The Kier molecular flexibility index (Phi) is 6.17. The number of nitriles is 1. The number of benzene rings is 1. The van der Waals surface area contributed by atoms with Gasteiger partial charge in [0, 0.05) is 38.3 Å². The van der Waals surface area contributed by atoms with Crippen LogP contribution in [0.5, 0.6) is 0 Å². The molecule has 3 heterocycles. The largest absolute Gasteiger partial charge is 0.355 e. The zero-order valence-corrected chi connectivity index (χ0v) is 18.5. The maximum Gasteiger partial charge on any atom is 0.251 e. The lowest BCUT2D eigenvalue weighted by Gasteiger charge is -2.38. The summed E-state index contributed by atoms with van der Waals surface area (Å²) in [5.74, 6) is -0.329. The van der Waals surface area contributed by atoms with Gasteiger partial charge in [-0.1, -0.05) is 12.1 Å². The van der Waals surface area contributed by atoms with Gasteiger partial charge < -0.3 is 20.9 Å². The third kappa shape index (κ3) is 3.85. The second-order valence-electron chi connectivity index (χ2n) is 8.91. The number of fused-ring (bicyclic) bond motifs is 2. The molecule has 3 aliphatic rings. The monoisotopic (exact) mass is 438 g/mol. The first-order valence-corrected chi connectivity index (χ1v) is 11.2. The lowest BCUT2D eigenvalue weighted by molar-refractivity contribution is -0.140. The number of amides is 3. The van der Waals surface area contributed by atoms with Crippen molar-refractivity contribution in [1.82, 2.24) is 20.0 Å². The van der Waals surface area contributed by atoms with Crippen molar-refractivity contribution in [3.8, 4) is 6.07 Å². The maximum absolute atomic E-state index is 13.2. The Morgan fingerprint density at radius 3 is 2.84 bits per heavy atom. The molecule has 3 saturated heterocycles. The lowest BCUT2D eigenvalue weighted by Crippen LogP contribution is -2.56. The molecule has 3 amide bonds. The highest BCUT2D eigenvalue weighted by Gasteiger charge is 2.51. The van der Waals surface area contributed by atoms with Gasteiger partial charge in [-0.2, -0.15) is 5.26 Å². The molecule has 170 valence electrons. The molecule has 9 nitrogen and oxygen atoms in total. The van der Waals surface area contributed by atoms with Gasteiger partial charge in [0.1, 0.15) is 6.04 Å². The first-order chi connectivity index (χ1) is 15.3. The number of rotatable bonds is 6. The number of carbonyl (C=O) groups excluding carboxylic acids is 3. The van der Waals surface area contributed by atoms with Crippen LogP contribution in [0.3, 0.4) is 0 Å². The van der Waals surface area contributed by atoms with Gasteiger partial charge in [-0.15, -0.1) is 0 Å². The lowest BCUT2D eigenvalue weighted by atomic mass is 10.0. The Balaban J connectivity index is 1.41. The molecule has 1 aromatic rings. The van der Waals surface area contributed by atoms with Crippen molar-refractivity contribution < 1.29 is 14.4 Å². The minimum Gasteiger partial charge on any atom is -0.355 e. The second kappa shape index (κ2) is 8.88. The Morgan fingerprint density at radius 2 is 2.16 bits per heavy atom. The fourth-order valence-electron chi connectivity index (χ4n) is 5.35. The standard InChI is InChI=1S/C23H30N6O3/c1-14(15-5-3-6-16(9-15)21(30)26-2)29-18-10-20(23(29)32)27(12-18)13-19(25)22(31)28-8-4-7-17(28)11-24/h3,5-6,9,14,17-20H,4,7-8,10,12-13,25H2,1-2H3,(H,26,30)/t14-,17?,18?,19?,20-/m0/s1. The molecule has 3 unspecified atom stereocenters. The fraction of sp³-hybridized carbons (Fsp3) is 0.565. The van der Waals surface area contributed by atoms with Crippen molar-refractivity contribution in [2.75, 3.05) is 26.7 Å². The van der Waals surface area contributed by atoms with E-state index in [9.17, 15) is 19.6 Å². The summed E-state index contributed by atoms with van der Waals surface area (Å²) in [7, 11) is 1.59. The molecule has 0 saturated carbocycles. The molecule has 0 spiro atoms. The second-order valence-corrected chi connectivity index (χ2v) is 8.91. The van der Waals surface area contributed by atoms with Gasteiger partial charge in [0.15, 0.2) is 0 Å². The Bertz CT molecular complexity index is 959. The molecule has 2 bridgehead atoms. The van der Waals surface area contributed by atoms with Crippen LogP contribution in [0.15, 0.2) is 24.3 Å². The summed E-state index contributed by atoms with van der Waals surface area (Å²) in [4.78, 5) is 43.4. The quantitative estimate of drug-likeness (QED) is 0.656. The van der Waals surface area contributed by atoms with Gasteiger partial charge in [-0.3, -0.25) is 19.3 Å². The molecule has 0 aliphatic carbocycles. The van der Waals surface area contributed by atoms with Crippen LogP contribution < -0.4 is 11.1 Å². The zero-order valence-electron chi connectivity index (χ0n) is 18.5. The van der Waals surface area contributed by atoms with Gasteiger partial charge in [-0.05, 0) is 43.9 Å². The molecule has 3 N–H and O–H groups in total. The third-order valence-corrected chi connectivity index (χ3v) is 7.02. The van der Waals surface area contributed by atoms with Crippen molar-refractivity contribution in [2.45, 2.75) is 56.4 Å². The SMILES string of the molecule is CNC(=O)c1cccc([C@H](C)N2C(=O)[C@@H]3CC2CN3CC(N)C(=O)N2CCCC2C#N)c1. The molecule has 4 rings (SSSR count). The summed E-state index contributed by atoms with van der Waals surface area (Å²) >= 11 is 0. The van der Waals surface area contributed by atoms with Crippen LogP contribution in [0.1, 0.15) is 48.1 Å². The average molecular weight is 439 g/mol. The van der Waals surface area contributed by atoms with E-state index in [1.807, 2.05) is 34.9 Å². The number of nitrogens with zero attached hydrogens (tertiary/aromatic N) is 4. The highest BCUT2D eigenvalue weighted by atomic mass is 16.2. The summed E-state index contributed by atoms with van der Waals surface area (Å²) in [6.45, 7) is 3.53. The van der Waals surface area contributed by atoms with Crippen molar-refractivity contribution in [2.24, 2.45) is 5.73 Å². The van der Waals surface area contributed by atoms with Crippen LogP contribution >= 0.6 is 0 Å². The summed E-state index contributed by atoms with van der Waals surface area (Å²) in [6.07, 6.45) is 2.22. The predicted octanol–water partition coefficient (Wildman–Crippen LogP) is 0.234. The van der Waals surface area contributed by atoms with E-state index in [4.69, 9.17) is 5.73 Å². The van der Waals surface area contributed by atoms with Crippen molar-refractivity contribution in [3.63, 3.8) is 0 Å². The molecule has 32 heavy (non-hydrogen) atoms. The molecular formula is C23H30N6O3. The van der Waals surface area contributed by atoms with E-state index < -0.39 is 12.1 Å². The highest BCUT2D eigenvalue weighted by molar-refractivity contribution is 5.94. The van der Waals surface area contributed by atoms with Crippen molar-refractivity contribution >= 4 is 17.7 Å². The molecule has 3 aliphatic heterocycles. The van der Waals surface area contributed by atoms with Gasteiger partial charge >= 0.3 is 0 Å². The number of hydrogen-bond acceptors (Lipinski definition) is 6. The predicted molar refractivity (Wildman–Crippen MR) is 117 cm³/mol. The van der Waals surface area contributed by atoms with Crippen molar-refractivity contribution in [1.29, 1.82) is 5.26 Å². The van der Waals surface area contributed by atoms with E-state index in [1.54, 1.807) is 18.0 Å². The summed E-state index contributed by atoms with van der Waals surface area (Å²) < 4.78 is 0. The zero-order chi connectivity index (χ0) is 23.0. The number of nitrogens with two attached hydrogens (primary N) is 1. The summed E-state index contributed by atoms with van der Waals surface area (Å²) in [5.41, 5.74) is 7.70.